The number of hydrogen-bond donors (Lipinski definition) is 1. The predicted octanol–water partition coefficient (Wildman–Crippen LogP) is 5.48. The first-order chi connectivity index (χ1) is 24.2. The van der Waals surface area contributed by atoms with E-state index in [1.807, 2.05) is 40.9 Å². The number of benzene rings is 3. The van der Waals surface area contributed by atoms with Crippen molar-refractivity contribution in [3.05, 3.63) is 118 Å². The van der Waals surface area contributed by atoms with Gasteiger partial charge in [-0.2, -0.15) is 5.10 Å². The maximum Gasteiger partial charge on any atom is 0.253 e. The molecule has 7 rings (SSSR count). The second-order valence-corrected chi connectivity index (χ2v) is 13.5. The number of anilines is 1. The van der Waals surface area contributed by atoms with Gasteiger partial charge in [-0.25, -0.2) is 13.5 Å². The largest absolute Gasteiger partial charge is 0.396 e. The number of nitrogens with two attached hydrogens (primary N) is 1. The molecule has 0 spiro atoms. The molecule has 11 nitrogen and oxygen atoms in total. The third-order valence-electron chi connectivity index (χ3n) is 9.68. The van der Waals surface area contributed by atoms with E-state index < -0.39 is 11.6 Å². The number of likely N-dealkylation sites (tertiary alicyclic amines) is 1. The Morgan fingerprint density at radius 1 is 0.920 bits per heavy atom. The minimum Gasteiger partial charge on any atom is -0.396 e. The quantitative estimate of drug-likeness (QED) is 0.173. The Bertz CT molecular complexity index is 2030. The van der Waals surface area contributed by atoms with Crippen LogP contribution < -0.4 is 5.73 Å². The molecule has 2 fully saturated rings. The van der Waals surface area contributed by atoms with Crippen LogP contribution in [-0.4, -0.2) is 84.0 Å². The van der Waals surface area contributed by atoms with Crippen LogP contribution in [0, 0.1) is 11.6 Å². The van der Waals surface area contributed by atoms with Crippen LogP contribution in [0.25, 0.3) is 11.3 Å². The summed E-state index contributed by atoms with van der Waals surface area (Å²) in [7, 11) is 1.92. The van der Waals surface area contributed by atoms with Crippen LogP contribution in [0.2, 0.25) is 0 Å². The van der Waals surface area contributed by atoms with E-state index in [4.69, 9.17) is 5.73 Å². The summed E-state index contributed by atoms with van der Waals surface area (Å²) in [6.45, 7) is 3.46. The molecule has 0 saturated carbocycles. The fourth-order valence-electron chi connectivity index (χ4n) is 6.89. The molecule has 2 N–H and O–H groups in total. The maximum absolute atomic E-state index is 14.4. The third kappa shape index (κ3) is 6.64. The number of aryl methyl sites for hydroxylation is 1. The highest BCUT2D eigenvalue weighted by Gasteiger charge is 2.33. The van der Waals surface area contributed by atoms with Gasteiger partial charge in [-0.1, -0.05) is 41.6 Å². The van der Waals surface area contributed by atoms with Gasteiger partial charge < -0.3 is 15.5 Å². The Morgan fingerprint density at radius 3 is 2.34 bits per heavy atom. The molecule has 2 aromatic heterocycles. The standard InChI is InChI=1S/C36H36BrF2N9O2/c1-44-30(10-13-41-44)31-22-47(17-16-46(31)20-23-6-3-2-4-7-23)36(50)25-9-5-8-24(18-25)35(49)45-14-11-26(12-15-45)48-21-29(42-43-48)27-19-28(38)32(37)33(39)34(27)40/h2-10,13,18-19,21,26,31H,11-12,14-17,20,22,40H2,1H3. The van der Waals surface area contributed by atoms with Gasteiger partial charge >= 0.3 is 0 Å². The minimum absolute atomic E-state index is 0.0397. The normalized spacial score (nSPS) is 17.3. The second-order valence-electron chi connectivity index (χ2n) is 12.7. The molecule has 1 atom stereocenters. The van der Waals surface area contributed by atoms with Crippen molar-refractivity contribution in [3.8, 4) is 11.3 Å². The van der Waals surface area contributed by atoms with E-state index in [2.05, 4.69) is 48.4 Å². The van der Waals surface area contributed by atoms with Gasteiger partial charge in [0.1, 0.15) is 11.5 Å². The van der Waals surface area contributed by atoms with Gasteiger partial charge in [0.05, 0.1) is 34.1 Å². The zero-order chi connectivity index (χ0) is 34.9. The monoisotopic (exact) mass is 743 g/mol. The molecule has 0 bridgehead atoms. The van der Waals surface area contributed by atoms with Crippen LogP contribution in [0.5, 0.6) is 0 Å². The zero-order valence-electron chi connectivity index (χ0n) is 27.4. The average molecular weight is 745 g/mol. The molecule has 258 valence electrons. The number of halogens is 3. The fraction of sp³-hybridized carbons (Fsp3) is 0.306. The summed E-state index contributed by atoms with van der Waals surface area (Å²) in [5, 5.41) is 12.7. The minimum atomic E-state index is -0.887. The number of carbonyl (C=O) groups excluding carboxylic acids is 2. The summed E-state index contributed by atoms with van der Waals surface area (Å²) in [6.07, 6.45) is 4.61. The Balaban J connectivity index is 1.00. The van der Waals surface area contributed by atoms with E-state index in [1.165, 1.54) is 5.56 Å². The lowest BCUT2D eigenvalue weighted by atomic mass is 10.0. The van der Waals surface area contributed by atoms with Crippen LogP contribution in [-0.2, 0) is 13.6 Å². The van der Waals surface area contributed by atoms with Crippen molar-refractivity contribution < 1.29 is 18.4 Å². The molecular formula is C36H36BrF2N9O2. The van der Waals surface area contributed by atoms with Gasteiger partial charge in [-0.05, 0) is 64.7 Å². The van der Waals surface area contributed by atoms with Gasteiger partial charge in [0.25, 0.3) is 11.8 Å². The van der Waals surface area contributed by atoms with Gasteiger partial charge in [0, 0.05) is 69.2 Å². The molecule has 2 amide bonds. The molecule has 5 aromatic rings. The Morgan fingerprint density at radius 2 is 1.64 bits per heavy atom. The molecule has 2 aliphatic heterocycles. The second kappa shape index (κ2) is 14.1. The number of nitrogen functional groups attached to an aromatic ring is 1. The van der Waals surface area contributed by atoms with E-state index in [1.54, 1.807) is 46.2 Å². The Kier molecular flexibility index (Phi) is 9.47. The number of piperidine rings is 1. The van der Waals surface area contributed by atoms with E-state index in [0.717, 1.165) is 18.3 Å². The summed E-state index contributed by atoms with van der Waals surface area (Å²) in [5.74, 6) is -1.93. The fourth-order valence-corrected chi connectivity index (χ4v) is 7.22. The van der Waals surface area contributed by atoms with Crippen molar-refractivity contribution in [1.82, 2.24) is 39.5 Å². The molecule has 50 heavy (non-hydrogen) atoms. The number of carbonyl (C=O) groups is 2. The van der Waals surface area contributed by atoms with Gasteiger partial charge in [0.15, 0.2) is 5.82 Å². The molecule has 0 radical (unpaired) electrons. The number of amides is 2. The van der Waals surface area contributed by atoms with E-state index in [-0.39, 0.29) is 45.3 Å². The molecule has 1 unspecified atom stereocenters. The van der Waals surface area contributed by atoms with Crippen LogP contribution in [0.4, 0.5) is 14.5 Å². The van der Waals surface area contributed by atoms with Crippen molar-refractivity contribution >= 4 is 33.4 Å². The summed E-state index contributed by atoms with van der Waals surface area (Å²) in [5.41, 5.74) is 9.23. The topological polar surface area (TPSA) is 118 Å². The van der Waals surface area contributed by atoms with Crippen LogP contribution >= 0.6 is 15.9 Å². The van der Waals surface area contributed by atoms with E-state index in [0.29, 0.717) is 56.7 Å². The SMILES string of the molecule is Cn1nccc1C1CN(C(=O)c2cccc(C(=O)N3CCC(n4cc(-c5cc(F)c(Br)c(F)c5N)nn4)CC3)c2)CCN1Cc1ccccc1. The molecule has 2 aliphatic rings. The first kappa shape index (κ1) is 33.5. The van der Waals surface area contributed by atoms with Gasteiger partial charge in [0.2, 0.25) is 0 Å². The summed E-state index contributed by atoms with van der Waals surface area (Å²) >= 11 is 2.86. The van der Waals surface area contributed by atoms with Crippen molar-refractivity contribution in [2.24, 2.45) is 7.05 Å². The van der Waals surface area contributed by atoms with Crippen molar-refractivity contribution in [1.29, 1.82) is 0 Å². The highest BCUT2D eigenvalue weighted by molar-refractivity contribution is 9.10. The zero-order valence-corrected chi connectivity index (χ0v) is 29.0. The summed E-state index contributed by atoms with van der Waals surface area (Å²) < 4.78 is 31.7. The lowest BCUT2D eigenvalue weighted by Gasteiger charge is -2.41. The smallest absolute Gasteiger partial charge is 0.253 e. The van der Waals surface area contributed by atoms with E-state index >= 15 is 0 Å². The molecule has 14 heteroatoms. The van der Waals surface area contributed by atoms with Gasteiger partial charge in [-0.15, -0.1) is 5.10 Å². The lowest BCUT2D eigenvalue weighted by molar-refractivity contribution is 0.0438. The van der Waals surface area contributed by atoms with Crippen molar-refractivity contribution in [3.63, 3.8) is 0 Å². The molecule has 2 saturated heterocycles. The number of piperazine rings is 1. The third-order valence-corrected chi connectivity index (χ3v) is 10.4. The van der Waals surface area contributed by atoms with Crippen molar-refractivity contribution in [2.45, 2.75) is 31.5 Å². The maximum atomic E-state index is 14.4. The molecule has 0 aliphatic carbocycles. The average Bonchev–Trinajstić information content (AvgIpc) is 3.82. The number of hydrogen-bond acceptors (Lipinski definition) is 7. The van der Waals surface area contributed by atoms with Crippen LogP contribution in [0.15, 0.2) is 83.6 Å². The Labute approximate surface area is 296 Å². The first-order valence-electron chi connectivity index (χ1n) is 16.5. The first-order valence-corrected chi connectivity index (χ1v) is 17.3. The predicted molar refractivity (Wildman–Crippen MR) is 187 cm³/mol. The lowest BCUT2D eigenvalue weighted by Crippen LogP contribution is -2.50. The highest BCUT2D eigenvalue weighted by Crippen LogP contribution is 2.34. The molecule has 4 heterocycles. The van der Waals surface area contributed by atoms with Crippen LogP contribution in [0.3, 0.4) is 0 Å². The number of aromatic nitrogens is 5. The van der Waals surface area contributed by atoms with E-state index in [9.17, 15) is 18.4 Å². The van der Waals surface area contributed by atoms with Gasteiger partial charge in [-0.3, -0.25) is 19.2 Å². The summed E-state index contributed by atoms with van der Waals surface area (Å²) in [6, 6.07) is 20.3. The van der Waals surface area contributed by atoms with Crippen molar-refractivity contribution in [2.75, 3.05) is 38.5 Å². The summed E-state index contributed by atoms with van der Waals surface area (Å²) in [4.78, 5) is 33.5. The van der Waals surface area contributed by atoms with Crippen LogP contribution in [0.1, 0.15) is 56.9 Å². The highest BCUT2D eigenvalue weighted by atomic mass is 79.9. The molecular weight excluding hydrogens is 708 g/mol. The molecule has 3 aromatic carbocycles. The Hall–Kier alpha value is -4.95. The number of nitrogens with zero attached hydrogens (tertiary/aromatic N) is 8. The number of rotatable bonds is 7.